The molecular weight excluding hydrogens is 254 g/mol. The molecule has 0 saturated carbocycles. The fourth-order valence-corrected chi connectivity index (χ4v) is 2.51. The minimum atomic E-state index is -3.82. The molecule has 1 heterocycles. The van der Waals surface area contributed by atoms with Gasteiger partial charge in [0.1, 0.15) is 5.84 Å². The fraction of sp³-hybridized carbons (Fsp3) is 0.273. The van der Waals surface area contributed by atoms with Crippen molar-refractivity contribution >= 4 is 21.9 Å². The van der Waals surface area contributed by atoms with Gasteiger partial charge in [0.05, 0.1) is 4.90 Å². The first-order valence-electron chi connectivity index (χ1n) is 5.50. The number of nitrogens with one attached hydrogen (secondary N) is 2. The summed E-state index contributed by atoms with van der Waals surface area (Å²) < 4.78 is 25.5. The largest absolute Gasteiger partial charge is 0.334 e. The maximum Gasteiger partial charge on any atom is 0.334 e. The molecule has 1 aliphatic heterocycles. The van der Waals surface area contributed by atoms with Crippen molar-refractivity contribution in [3.05, 3.63) is 30.3 Å². The molecule has 1 aromatic rings. The SMILES string of the molecule is O=C(NC1=NCCC1)NS(=O)(=O)c1ccccc1. The molecule has 96 valence electrons. The highest BCUT2D eigenvalue weighted by atomic mass is 32.2. The van der Waals surface area contributed by atoms with Crippen molar-refractivity contribution in [2.45, 2.75) is 17.7 Å². The second-order valence-corrected chi connectivity index (χ2v) is 5.49. The van der Waals surface area contributed by atoms with Gasteiger partial charge in [-0.1, -0.05) is 18.2 Å². The van der Waals surface area contributed by atoms with Crippen LogP contribution >= 0.6 is 0 Å². The number of urea groups is 1. The van der Waals surface area contributed by atoms with Gasteiger partial charge in [0, 0.05) is 13.0 Å². The second kappa shape index (κ2) is 5.18. The van der Waals surface area contributed by atoms with Gasteiger partial charge in [-0.25, -0.2) is 17.9 Å². The first-order valence-corrected chi connectivity index (χ1v) is 6.98. The number of sulfonamides is 1. The predicted octanol–water partition coefficient (Wildman–Crippen LogP) is 0.867. The van der Waals surface area contributed by atoms with Crippen LogP contribution in [0.15, 0.2) is 40.2 Å². The number of benzene rings is 1. The van der Waals surface area contributed by atoms with E-state index in [9.17, 15) is 13.2 Å². The van der Waals surface area contributed by atoms with Crippen LogP contribution in [0.25, 0.3) is 0 Å². The van der Waals surface area contributed by atoms with Crippen LogP contribution in [0.3, 0.4) is 0 Å². The van der Waals surface area contributed by atoms with E-state index in [0.717, 1.165) is 6.42 Å². The summed E-state index contributed by atoms with van der Waals surface area (Å²) in [5, 5.41) is 2.43. The van der Waals surface area contributed by atoms with E-state index in [1.807, 2.05) is 4.72 Å². The van der Waals surface area contributed by atoms with Crippen LogP contribution in [-0.4, -0.2) is 26.8 Å². The highest BCUT2D eigenvalue weighted by molar-refractivity contribution is 7.90. The van der Waals surface area contributed by atoms with Crippen LogP contribution in [0.5, 0.6) is 0 Å². The highest BCUT2D eigenvalue weighted by Gasteiger charge is 2.18. The molecule has 0 unspecified atom stereocenters. The number of amides is 2. The van der Waals surface area contributed by atoms with Gasteiger partial charge in [0.2, 0.25) is 0 Å². The lowest BCUT2D eigenvalue weighted by atomic mass is 10.3. The summed E-state index contributed by atoms with van der Waals surface area (Å²) in [6.07, 6.45) is 1.54. The molecule has 2 N–H and O–H groups in total. The van der Waals surface area contributed by atoms with E-state index in [1.165, 1.54) is 12.1 Å². The molecule has 0 atom stereocenters. The number of carbonyl (C=O) groups is 1. The zero-order chi connectivity index (χ0) is 13.0. The minimum absolute atomic E-state index is 0.0495. The normalized spacial score (nSPS) is 15.0. The predicted molar refractivity (Wildman–Crippen MR) is 66.8 cm³/mol. The Bertz CT molecular complexity index is 566. The van der Waals surface area contributed by atoms with Gasteiger partial charge in [-0.15, -0.1) is 0 Å². The van der Waals surface area contributed by atoms with Crippen molar-refractivity contribution in [3.8, 4) is 0 Å². The van der Waals surface area contributed by atoms with Gasteiger partial charge in [0.25, 0.3) is 10.0 Å². The molecule has 0 fully saturated rings. The Labute approximate surface area is 105 Å². The summed E-state index contributed by atoms with van der Waals surface area (Å²) >= 11 is 0. The Kier molecular flexibility index (Phi) is 3.61. The number of amidine groups is 1. The maximum atomic E-state index is 11.8. The highest BCUT2D eigenvalue weighted by Crippen LogP contribution is 2.07. The Morgan fingerprint density at radius 2 is 1.94 bits per heavy atom. The Hall–Kier alpha value is -1.89. The van der Waals surface area contributed by atoms with Crippen LogP contribution in [0.1, 0.15) is 12.8 Å². The molecule has 0 radical (unpaired) electrons. The quantitative estimate of drug-likeness (QED) is 0.833. The average molecular weight is 267 g/mol. The number of carbonyl (C=O) groups excluding carboxylic acids is 1. The molecule has 2 amide bonds. The van der Waals surface area contributed by atoms with Gasteiger partial charge in [-0.2, -0.15) is 0 Å². The van der Waals surface area contributed by atoms with Crippen molar-refractivity contribution in [2.24, 2.45) is 4.99 Å². The molecule has 1 aromatic carbocycles. The van der Waals surface area contributed by atoms with Gasteiger partial charge in [-0.05, 0) is 18.6 Å². The van der Waals surface area contributed by atoms with Gasteiger partial charge < -0.3 is 0 Å². The van der Waals surface area contributed by atoms with Crippen LogP contribution in [-0.2, 0) is 10.0 Å². The summed E-state index contributed by atoms with van der Waals surface area (Å²) in [6.45, 7) is 0.668. The average Bonchev–Trinajstić information content (AvgIpc) is 2.82. The zero-order valence-corrected chi connectivity index (χ0v) is 10.4. The number of rotatable bonds is 2. The third-order valence-electron chi connectivity index (χ3n) is 2.41. The molecule has 18 heavy (non-hydrogen) atoms. The van der Waals surface area contributed by atoms with Gasteiger partial charge in [0.15, 0.2) is 0 Å². The van der Waals surface area contributed by atoms with Crippen LogP contribution in [0.4, 0.5) is 4.79 Å². The van der Waals surface area contributed by atoms with E-state index < -0.39 is 16.1 Å². The summed E-state index contributed by atoms with van der Waals surface area (Å²) in [5.41, 5.74) is 0. The Morgan fingerprint density at radius 3 is 2.56 bits per heavy atom. The topological polar surface area (TPSA) is 87.6 Å². The summed E-state index contributed by atoms with van der Waals surface area (Å²) in [4.78, 5) is 15.6. The summed E-state index contributed by atoms with van der Waals surface area (Å²) in [5.74, 6) is 0.524. The van der Waals surface area contributed by atoms with Crippen molar-refractivity contribution in [2.75, 3.05) is 6.54 Å². The van der Waals surface area contributed by atoms with Crippen molar-refractivity contribution in [1.82, 2.24) is 10.0 Å². The first kappa shape index (κ1) is 12.6. The first-order chi connectivity index (χ1) is 8.58. The number of aliphatic imine (C=N–C) groups is 1. The minimum Gasteiger partial charge on any atom is -0.295 e. The second-order valence-electron chi connectivity index (χ2n) is 3.80. The molecule has 0 aromatic heterocycles. The third-order valence-corrected chi connectivity index (χ3v) is 3.76. The van der Waals surface area contributed by atoms with Gasteiger partial charge >= 0.3 is 6.03 Å². The lowest BCUT2D eigenvalue weighted by molar-refractivity contribution is 0.250. The van der Waals surface area contributed by atoms with Crippen LogP contribution in [0.2, 0.25) is 0 Å². The van der Waals surface area contributed by atoms with E-state index in [1.54, 1.807) is 18.2 Å². The monoisotopic (exact) mass is 267 g/mol. The summed E-state index contributed by atoms with van der Waals surface area (Å²) in [7, 11) is -3.82. The van der Waals surface area contributed by atoms with Crippen molar-refractivity contribution < 1.29 is 13.2 Å². The van der Waals surface area contributed by atoms with Crippen LogP contribution in [0, 0.1) is 0 Å². The number of hydrogen-bond acceptors (Lipinski definition) is 4. The van der Waals surface area contributed by atoms with E-state index >= 15 is 0 Å². The van der Waals surface area contributed by atoms with Crippen LogP contribution < -0.4 is 10.0 Å². The van der Waals surface area contributed by atoms with E-state index in [0.29, 0.717) is 18.8 Å². The Balaban J connectivity index is 2.02. The molecule has 6 nitrogen and oxygen atoms in total. The number of hydrogen-bond donors (Lipinski definition) is 2. The zero-order valence-electron chi connectivity index (χ0n) is 9.59. The van der Waals surface area contributed by atoms with E-state index in [4.69, 9.17) is 0 Å². The third kappa shape index (κ3) is 3.07. The summed E-state index contributed by atoms with van der Waals surface area (Å²) in [6, 6.07) is 6.94. The Morgan fingerprint density at radius 1 is 1.22 bits per heavy atom. The molecule has 0 bridgehead atoms. The van der Waals surface area contributed by atoms with Crippen molar-refractivity contribution in [3.63, 3.8) is 0 Å². The molecule has 0 saturated heterocycles. The number of nitrogens with zero attached hydrogens (tertiary/aromatic N) is 1. The molecule has 2 rings (SSSR count). The fourth-order valence-electron chi connectivity index (χ4n) is 1.58. The lowest BCUT2D eigenvalue weighted by Gasteiger charge is -2.08. The maximum absolute atomic E-state index is 11.8. The standard InChI is InChI=1S/C11H13N3O3S/c15-11(13-10-7-4-8-12-10)14-18(16,17)9-5-2-1-3-6-9/h1-3,5-6H,4,7-8H2,(H2,12,13,14,15). The molecule has 0 spiro atoms. The molecule has 1 aliphatic rings. The van der Waals surface area contributed by atoms with E-state index in [2.05, 4.69) is 10.3 Å². The smallest absolute Gasteiger partial charge is 0.295 e. The molecule has 0 aliphatic carbocycles. The molecular formula is C11H13N3O3S. The van der Waals surface area contributed by atoms with Gasteiger partial charge in [-0.3, -0.25) is 10.3 Å². The van der Waals surface area contributed by atoms with Crippen molar-refractivity contribution in [1.29, 1.82) is 0 Å². The van der Waals surface area contributed by atoms with E-state index in [-0.39, 0.29) is 4.90 Å². The lowest BCUT2D eigenvalue weighted by Crippen LogP contribution is -2.41. The molecule has 7 heteroatoms.